The summed E-state index contributed by atoms with van der Waals surface area (Å²) in [7, 11) is 0. The number of benzene rings is 1. The SMILES string of the molecule is Cc1ccccc1N1CC2(COCCN(C(=O)C3(F)CCC3)C2)OCC1=O. The van der Waals surface area contributed by atoms with Crippen LogP contribution in [0.3, 0.4) is 0 Å². The Labute approximate surface area is 158 Å². The molecule has 1 aromatic carbocycles. The highest BCUT2D eigenvalue weighted by Gasteiger charge is 2.50. The molecule has 2 heterocycles. The van der Waals surface area contributed by atoms with Gasteiger partial charge in [0.05, 0.1) is 26.3 Å². The maximum absolute atomic E-state index is 14.7. The number of ether oxygens (including phenoxy) is 2. The quantitative estimate of drug-likeness (QED) is 0.790. The molecule has 1 aromatic rings. The largest absolute Gasteiger partial charge is 0.376 e. The van der Waals surface area contributed by atoms with E-state index < -0.39 is 17.2 Å². The van der Waals surface area contributed by atoms with Crippen LogP contribution in [0.5, 0.6) is 0 Å². The van der Waals surface area contributed by atoms with Gasteiger partial charge in [-0.05, 0) is 37.8 Å². The monoisotopic (exact) mass is 376 g/mol. The Kier molecular flexibility index (Phi) is 4.68. The van der Waals surface area contributed by atoms with E-state index in [4.69, 9.17) is 9.47 Å². The average Bonchev–Trinajstić information content (AvgIpc) is 2.85. The van der Waals surface area contributed by atoms with Crippen molar-refractivity contribution in [1.29, 1.82) is 0 Å². The number of halogens is 1. The lowest BCUT2D eigenvalue weighted by Crippen LogP contribution is -2.63. The lowest BCUT2D eigenvalue weighted by molar-refractivity contribution is -0.158. The van der Waals surface area contributed by atoms with Crippen molar-refractivity contribution in [3.8, 4) is 0 Å². The molecular weight excluding hydrogens is 351 g/mol. The van der Waals surface area contributed by atoms with Crippen molar-refractivity contribution in [1.82, 2.24) is 4.90 Å². The summed E-state index contributed by atoms with van der Waals surface area (Å²) in [5, 5.41) is 0. The number of nitrogens with zero attached hydrogens (tertiary/aromatic N) is 2. The van der Waals surface area contributed by atoms with Crippen LogP contribution >= 0.6 is 0 Å². The van der Waals surface area contributed by atoms with Gasteiger partial charge in [-0.3, -0.25) is 9.59 Å². The van der Waals surface area contributed by atoms with Crippen LogP contribution in [0.4, 0.5) is 10.1 Å². The Morgan fingerprint density at radius 1 is 1.22 bits per heavy atom. The van der Waals surface area contributed by atoms with Gasteiger partial charge in [-0.1, -0.05) is 18.2 Å². The Bertz CT molecular complexity index is 751. The normalized spacial score (nSPS) is 28.0. The van der Waals surface area contributed by atoms with Crippen molar-refractivity contribution in [3.05, 3.63) is 29.8 Å². The maximum atomic E-state index is 14.7. The second-order valence-corrected chi connectivity index (χ2v) is 7.84. The molecule has 3 aliphatic rings. The van der Waals surface area contributed by atoms with E-state index in [0.29, 0.717) is 13.2 Å². The summed E-state index contributed by atoms with van der Waals surface area (Å²) in [5.41, 5.74) is -0.774. The third-order valence-electron chi connectivity index (χ3n) is 5.82. The van der Waals surface area contributed by atoms with Crippen molar-refractivity contribution in [3.63, 3.8) is 0 Å². The standard InChI is InChI=1S/C20H25FN2O4/c1-15-5-2-3-6-16(15)23-13-19(27-11-17(23)24)12-22(9-10-26-14-19)18(25)20(21)7-4-8-20/h2-3,5-6H,4,7-14H2,1H3. The second kappa shape index (κ2) is 6.87. The van der Waals surface area contributed by atoms with Gasteiger partial charge in [0.1, 0.15) is 12.2 Å². The van der Waals surface area contributed by atoms with E-state index in [0.717, 1.165) is 17.7 Å². The first kappa shape index (κ1) is 18.4. The van der Waals surface area contributed by atoms with Gasteiger partial charge in [0.15, 0.2) is 5.67 Å². The van der Waals surface area contributed by atoms with Crippen LogP contribution in [0, 0.1) is 6.92 Å². The topological polar surface area (TPSA) is 59.1 Å². The van der Waals surface area contributed by atoms with E-state index in [1.165, 1.54) is 4.90 Å². The number of hydrogen-bond acceptors (Lipinski definition) is 4. The Morgan fingerprint density at radius 2 is 2.00 bits per heavy atom. The molecule has 0 aromatic heterocycles. The highest BCUT2D eigenvalue weighted by molar-refractivity contribution is 5.96. The van der Waals surface area contributed by atoms with E-state index in [9.17, 15) is 14.0 Å². The van der Waals surface area contributed by atoms with Crippen molar-refractivity contribution in [2.24, 2.45) is 0 Å². The third kappa shape index (κ3) is 3.34. The van der Waals surface area contributed by atoms with Gasteiger partial charge in [-0.15, -0.1) is 0 Å². The number of carbonyl (C=O) groups is 2. The number of morpholine rings is 1. The van der Waals surface area contributed by atoms with Crippen LogP contribution in [0.25, 0.3) is 0 Å². The van der Waals surface area contributed by atoms with Crippen LogP contribution in [0.2, 0.25) is 0 Å². The minimum atomic E-state index is -1.74. The second-order valence-electron chi connectivity index (χ2n) is 7.84. The Morgan fingerprint density at radius 3 is 2.70 bits per heavy atom. The first-order valence-electron chi connectivity index (χ1n) is 9.49. The predicted octanol–water partition coefficient (Wildman–Crippen LogP) is 1.85. The molecule has 0 bridgehead atoms. The molecule has 2 aliphatic heterocycles. The summed E-state index contributed by atoms with van der Waals surface area (Å²) in [5.74, 6) is -0.598. The van der Waals surface area contributed by atoms with Crippen LogP contribution in [-0.2, 0) is 19.1 Å². The van der Waals surface area contributed by atoms with Crippen molar-refractivity contribution < 1.29 is 23.5 Å². The fourth-order valence-electron chi connectivity index (χ4n) is 4.05. The zero-order valence-corrected chi connectivity index (χ0v) is 15.6. The summed E-state index contributed by atoms with van der Waals surface area (Å²) in [6, 6.07) is 7.67. The zero-order chi connectivity index (χ0) is 19.1. The molecule has 0 radical (unpaired) electrons. The van der Waals surface area contributed by atoms with Crippen LogP contribution in [-0.4, -0.2) is 67.4 Å². The lowest BCUT2D eigenvalue weighted by Gasteiger charge is -2.44. The van der Waals surface area contributed by atoms with Gasteiger partial charge in [0.2, 0.25) is 0 Å². The zero-order valence-electron chi connectivity index (χ0n) is 15.6. The predicted molar refractivity (Wildman–Crippen MR) is 97.3 cm³/mol. The molecular formula is C20H25FN2O4. The number of rotatable bonds is 2. The van der Waals surface area contributed by atoms with E-state index in [-0.39, 0.29) is 45.1 Å². The number of carbonyl (C=O) groups excluding carboxylic acids is 2. The number of hydrogen-bond donors (Lipinski definition) is 0. The number of aryl methyl sites for hydroxylation is 1. The summed E-state index contributed by atoms with van der Waals surface area (Å²) < 4.78 is 26.3. The number of anilines is 1. The van der Waals surface area contributed by atoms with E-state index in [2.05, 4.69) is 0 Å². The molecule has 1 saturated carbocycles. The summed E-state index contributed by atoms with van der Waals surface area (Å²) in [4.78, 5) is 28.4. The van der Waals surface area contributed by atoms with Gasteiger partial charge in [0.25, 0.3) is 11.8 Å². The van der Waals surface area contributed by atoms with E-state index in [1.54, 1.807) is 4.90 Å². The fraction of sp³-hybridized carbons (Fsp3) is 0.600. The Hall–Kier alpha value is -1.99. The third-order valence-corrected chi connectivity index (χ3v) is 5.82. The number of alkyl halides is 1. The molecule has 4 rings (SSSR count). The molecule has 3 fully saturated rings. The molecule has 1 aliphatic carbocycles. The molecule has 2 amide bonds. The molecule has 6 nitrogen and oxygen atoms in total. The minimum Gasteiger partial charge on any atom is -0.376 e. The smallest absolute Gasteiger partial charge is 0.260 e. The van der Waals surface area contributed by atoms with Crippen molar-refractivity contribution in [2.45, 2.75) is 37.5 Å². The maximum Gasteiger partial charge on any atom is 0.260 e. The molecule has 2 saturated heterocycles. The highest BCUT2D eigenvalue weighted by atomic mass is 19.1. The van der Waals surface area contributed by atoms with Gasteiger partial charge >= 0.3 is 0 Å². The van der Waals surface area contributed by atoms with E-state index in [1.807, 2.05) is 31.2 Å². The van der Waals surface area contributed by atoms with Crippen LogP contribution < -0.4 is 4.90 Å². The van der Waals surface area contributed by atoms with Crippen molar-refractivity contribution in [2.75, 3.05) is 44.4 Å². The summed E-state index contributed by atoms with van der Waals surface area (Å²) in [6.45, 7) is 3.33. The van der Waals surface area contributed by atoms with Gasteiger partial charge in [0, 0.05) is 12.2 Å². The first-order chi connectivity index (χ1) is 12.9. The van der Waals surface area contributed by atoms with Gasteiger partial charge in [-0.2, -0.15) is 0 Å². The Balaban J connectivity index is 1.58. The summed E-state index contributed by atoms with van der Waals surface area (Å²) >= 11 is 0. The molecule has 1 spiro atoms. The number of para-hydroxylation sites is 1. The summed E-state index contributed by atoms with van der Waals surface area (Å²) in [6.07, 6.45) is 1.31. The highest BCUT2D eigenvalue weighted by Crippen LogP contribution is 2.38. The van der Waals surface area contributed by atoms with Crippen molar-refractivity contribution >= 4 is 17.5 Å². The number of amides is 2. The molecule has 27 heavy (non-hydrogen) atoms. The minimum absolute atomic E-state index is 0.0828. The van der Waals surface area contributed by atoms with Crippen LogP contribution in [0.1, 0.15) is 24.8 Å². The molecule has 146 valence electrons. The molecule has 1 atom stereocenters. The molecule has 1 unspecified atom stereocenters. The average molecular weight is 376 g/mol. The van der Waals surface area contributed by atoms with Gasteiger partial charge < -0.3 is 19.3 Å². The molecule has 0 N–H and O–H groups in total. The molecule has 7 heteroatoms. The van der Waals surface area contributed by atoms with Crippen LogP contribution in [0.15, 0.2) is 24.3 Å². The lowest BCUT2D eigenvalue weighted by atomic mass is 9.80. The van der Waals surface area contributed by atoms with E-state index >= 15 is 0 Å². The first-order valence-corrected chi connectivity index (χ1v) is 9.49. The van der Waals surface area contributed by atoms with Gasteiger partial charge in [-0.25, -0.2) is 4.39 Å². The fourth-order valence-corrected chi connectivity index (χ4v) is 4.05.